The van der Waals surface area contributed by atoms with E-state index in [1.807, 2.05) is 84.5 Å². The Bertz CT molecular complexity index is 1300. The number of hydrogen-bond acceptors (Lipinski definition) is 5. The first kappa shape index (κ1) is 24.7. The molecule has 4 rings (SSSR count). The number of benzene rings is 3. The number of nitrogens with two attached hydrogens (primary N) is 1. The lowest BCUT2D eigenvalue weighted by molar-refractivity contribution is -0.118. The van der Waals surface area contributed by atoms with Crippen molar-refractivity contribution in [3.8, 4) is 11.1 Å². The van der Waals surface area contributed by atoms with Crippen LogP contribution >= 0.6 is 0 Å². The number of rotatable bonds is 9. The normalized spacial score (nSPS) is 11.5. The van der Waals surface area contributed by atoms with Gasteiger partial charge < -0.3 is 21.1 Å². The molecule has 8 heteroatoms. The number of ether oxygens (including phenoxy) is 1. The first-order chi connectivity index (χ1) is 17.6. The highest BCUT2D eigenvalue weighted by Crippen LogP contribution is 2.23. The van der Waals surface area contributed by atoms with Gasteiger partial charge in [0.1, 0.15) is 12.6 Å². The Morgan fingerprint density at radius 1 is 0.972 bits per heavy atom. The summed E-state index contributed by atoms with van der Waals surface area (Å²) < 4.78 is 7.21. The lowest BCUT2D eigenvalue weighted by atomic mass is 10.0. The Morgan fingerprint density at radius 2 is 1.72 bits per heavy atom. The van der Waals surface area contributed by atoms with Crippen LogP contribution in [0.15, 0.2) is 91.3 Å². The molecule has 184 valence electrons. The molecule has 0 radical (unpaired) electrons. The van der Waals surface area contributed by atoms with Crippen LogP contribution in [0, 0.1) is 0 Å². The Balaban J connectivity index is 1.53. The molecule has 36 heavy (non-hydrogen) atoms. The van der Waals surface area contributed by atoms with Crippen LogP contribution in [0.5, 0.6) is 0 Å². The second-order valence-corrected chi connectivity index (χ2v) is 8.24. The van der Waals surface area contributed by atoms with E-state index < -0.39 is 18.0 Å². The maximum absolute atomic E-state index is 13.3. The topological polar surface area (TPSA) is 111 Å². The van der Waals surface area contributed by atoms with Crippen molar-refractivity contribution < 1.29 is 14.3 Å². The standard InChI is InChI=1S/C28H29N5O3/c1-2-33-18-24(17-30-33)22-11-13-23(14-12-22)26(27(34)31-25-10-6-9-21(15-25)16-29)32-28(35)36-19-20-7-4-3-5-8-20/h3-15,17-18,26H,2,16,19,29H2,1H3,(H,31,34)(H,32,35)/t26-/m1/s1. The molecule has 8 nitrogen and oxygen atoms in total. The van der Waals surface area contributed by atoms with Gasteiger partial charge in [-0.2, -0.15) is 5.10 Å². The third-order valence-corrected chi connectivity index (χ3v) is 5.70. The zero-order valence-electron chi connectivity index (χ0n) is 20.1. The van der Waals surface area contributed by atoms with Gasteiger partial charge in [-0.25, -0.2) is 4.79 Å². The van der Waals surface area contributed by atoms with Gasteiger partial charge >= 0.3 is 6.09 Å². The van der Waals surface area contributed by atoms with Crippen molar-refractivity contribution in [2.75, 3.05) is 5.32 Å². The second kappa shape index (κ2) is 11.8. The molecule has 1 atom stereocenters. The summed E-state index contributed by atoms with van der Waals surface area (Å²) >= 11 is 0. The highest BCUT2D eigenvalue weighted by Gasteiger charge is 2.24. The molecule has 1 aromatic heterocycles. The van der Waals surface area contributed by atoms with E-state index in [9.17, 15) is 9.59 Å². The lowest BCUT2D eigenvalue weighted by Crippen LogP contribution is -2.37. The molecule has 0 aliphatic rings. The molecule has 0 saturated heterocycles. The van der Waals surface area contributed by atoms with Crippen LogP contribution in [-0.2, 0) is 29.2 Å². The minimum atomic E-state index is -0.970. The van der Waals surface area contributed by atoms with Crippen LogP contribution in [0.2, 0.25) is 0 Å². The zero-order valence-corrected chi connectivity index (χ0v) is 20.1. The fourth-order valence-electron chi connectivity index (χ4n) is 3.73. The molecule has 0 bridgehead atoms. The van der Waals surface area contributed by atoms with Gasteiger partial charge in [0.25, 0.3) is 5.91 Å². The number of amides is 2. The summed E-state index contributed by atoms with van der Waals surface area (Å²) in [4.78, 5) is 25.9. The van der Waals surface area contributed by atoms with Gasteiger partial charge in [-0.15, -0.1) is 0 Å². The number of alkyl carbamates (subject to hydrolysis) is 1. The average molecular weight is 484 g/mol. The Labute approximate surface area is 210 Å². The van der Waals surface area contributed by atoms with E-state index in [1.54, 1.807) is 18.3 Å². The van der Waals surface area contributed by atoms with E-state index in [4.69, 9.17) is 10.5 Å². The SMILES string of the molecule is CCn1cc(-c2ccc([C@@H](NC(=O)OCc3ccccc3)C(=O)Nc3cccc(CN)c3)cc2)cn1. The molecular weight excluding hydrogens is 454 g/mol. The summed E-state index contributed by atoms with van der Waals surface area (Å²) in [5.74, 6) is -0.396. The summed E-state index contributed by atoms with van der Waals surface area (Å²) in [5, 5.41) is 9.90. The van der Waals surface area contributed by atoms with Gasteiger partial charge in [-0.1, -0.05) is 66.7 Å². The van der Waals surface area contributed by atoms with Crippen molar-refractivity contribution in [2.45, 2.75) is 32.7 Å². The van der Waals surface area contributed by atoms with Crippen molar-refractivity contribution in [3.05, 3.63) is 108 Å². The maximum atomic E-state index is 13.3. The van der Waals surface area contributed by atoms with Crippen molar-refractivity contribution >= 4 is 17.7 Å². The summed E-state index contributed by atoms with van der Waals surface area (Å²) in [7, 11) is 0. The molecule has 2 amide bonds. The van der Waals surface area contributed by atoms with Crippen molar-refractivity contribution in [1.29, 1.82) is 0 Å². The number of aromatic nitrogens is 2. The van der Waals surface area contributed by atoms with Gasteiger partial charge in [-0.3, -0.25) is 9.48 Å². The van der Waals surface area contributed by atoms with Crippen LogP contribution in [-0.4, -0.2) is 21.8 Å². The van der Waals surface area contributed by atoms with Crippen LogP contribution in [0.1, 0.15) is 29.7 Å². The van der Waals surface area contributed by atoms with Gasteiger partial charge in [0.2, 0.25) is 0 Å². The Morgan fingerprint density at radius 3 is 2.42 bits per heavy atom. The third-order valence-electron chi connectivity index (χ3n) is 5.70. The number of nitrogens with one attached hydrogen (secondary N) is 2. The van der Waals surface area contributed by atoms with Gasteiger partial charge in [0.05, 0.1) is 6.20 Å². The quantitative estimate of drug-likeness (QED) is 0.321. The van der Waals surface area contributed by atoms with E-state index >= 15 is 0 Å². The number of carbonyl (C=O) groups is 2. The molecular formula is C28H29N5O3. The highest BCUT2D eigenvalue weighted by molar-refractivity contribution is 5.97. The van der Waals surface area contributed by atoms with E-state index in [2.05, 4.69) is 15.7 Å². The monoisotopic (exact) mass is 483 g/mol. The number of carbonyl (C=O) groups excluding carboxylic acids is 2. The van der Waals surface area contributed by atoms with E-state index in [0.29, 0.717) is 17.8 Å². The highest BCUT2D eigenvalue weighted by atomic mass is 16.5. The predicted molar refractivity (Wildman–Crippen MR) is 139 cm³/mol. The van der Waals surface area contributed by atoms with Crippen LogP contribution in [0.3, 0.4) is 0 Å². The van der Waals surface area contributed by atoms with Crippen molar-refractivity contribution in [1.82, 2.24) is 15.1 Å². The molecule has 0 fully saturated rings. The summed E-state index contributed by atoms with van der Waals surface area (Å²) in [6.45, 7) is 3.25. The summed E-state index contributed by atoms with van der Waals surface area (Å²) in [6.07, 6.45) is 3.07. The number of hydrogen-bond donors (Lipinski definition) is 3. The molecule has 1 heterocycles. The number of anilines is 1. The Kier molecular flexibility index (Phi) is 8.10. The summed E-state index contributed by atoms with van der Waals surface area (Å²) in [5.41, 5.74) is 10.6. The second-order valence-electron chi connectivity index (χ2n) is 8.24. The fraction of sp³-hybridized carbons (Fsp3) is 0.179. The summed E-state index contributed by atoms with van der Waals surface area (Å²) in [6, 6.07) is 23.1. The van der Waals surface area contributed by atoms with E-state index in [-0.39, 0.29) is 6.61 Å². The largest absolute Gasteiger partial charge is 0.445 e. The van der Waals surface area contributed by atoms with Gasteiger partial charge in [0.15, 0.2) is 0 Å². The minimum Gasteiger partial charge on any atom is -0.445 e. The lowest BCUT2D eigenvalue weighted by Gasteiger charge is -2.19. The molecule has 0 aliphatic carbocycles. The first-order valence-electron chi connectivity index (χ1n) is 11.8. The fourth-order valence-corrected chi connectivity index (χ4v) is 3.73. The molecule has 4 aromatic rings. The van der Waals surface area contributed by atoms with E-state index in [0.717, 1.165) is 28.8 Å². The molecule has 0 spiro atoms. The van der Waals surface area contributed by atoms with Crippen molar-refractivity contribution in [3.63, 3.8) is 0 Å². The Hall–Kier alpha value is -4.43. The molecule has 4 N–H and O–H groups in total. The molecule has 0 aliphatic heterocycles. The van der Waals surface area contributed by atoms with Crippen LogP contribution in [0.4, 0.5) is 10.5 Å². The molecule has 0 unspecified atom stereocenters. The molecule has 3 aromatic carbocycles. The first-order valence-corrected chi connectivity index (χ1v) is 11.8. The number of aryl methyl sites for hydroxylation is 1. The van der Waals surface area contributed by atoms with E-state index in [1.165, 1.54) is 0 Å². The predicted octanol–water partition coefficient (Wildman–Crippen LogP) is 4.63. The maximum Gasteiger partial charge on any atom is 0.408 e. The van der Waals surface area contributed by atoms with Crippen molar-refractivity contribution in [2.24, 2.45) is 5.73 Å². The van der Waals surface area contributed by atoms with Gasteiger partial charge in [-0.05, 0) is 41.3 Å². The smallest absolute Gasteiger partial charge is 0.408 e. The molecule has 0 saturated carbocycles. The van der Waals surface area contributed by atoms with Crippen LogP contribution in [0.25, 0.3) is 11.1 Å². The van der Waals surface area contributed by atoms with Gasteiger partial charge in [0, 0.05) is 30.5 Å². The zero-order chi connectivity index (χ0) is 25.3. The third kappa shape index (κ3) is 6.37. The number of nitrogens with zero attached hydrogens (tertiary/aromatic N) is 2. The average Bonchev–Trinajstić information content (AvgIpc) is 3.41. The van der Waals surface area contributed by atoms with Crippen LogP contribution < -0.4 is 16.4 Å². The minimum absolute atomic E-state index is 0.0971.